The van der Waals surface area contributed by atoms with E-state index >= 15 is 0 Å². The number of hydrogen-bond donors (Lipinski definition) is 1. The van der Waals surface area contributed by atoms with Crippen molar-refractivity contribution in [3.63, 3.8) is 0 Å². The van der Waals surface area contributed by atoms with Gasteiger partial charge in [0.1, 0.15) is 0 Å². The lowest BCUT2D eigenvalue weighted by Gasteiger charge is -2.60. The maximum Gasteiger partial charge on any atom is 0.228 e. The topological polar surface area (TPSA) is 84.2 Å². The number of rotatable bonds is 7. The van der Waals surface area contributed by atoms with Crippen molar-refractivity contribution in [3.05, 3.63) is 27.3 Å². The molecule has 1 aliphatic heterocycles. The van der Waals surface area contributed by atoms with Gasteiger partial charge in [-0.3, -0.25) is 9.69 Å². The van der Waals surface area contributed by atoms with Crippen LogP contribution in [-0.4, -0.2) is 45.1 Å². The van der Waals surface area contributed by atoms with Crippen LogP contribution in [0, 0.1) is 18.8 Å². The number of nitrogens with one attached hydrogen (secondary N) is 1. The number of nitrogens with zero attached hydrogens (tertiary/aromatic N) is 4. The summed E-state index contributed by atoms with van der Waals surface area (Å²) < 4.78 is 4.94. The van der Waals surface area contributed by atoms with Crippen LogP contribution in [0.5, 0.6) is 0 Å². The van der Waals surface area contributed by atoms with Crippen molar-refractivity contribution in [1.29, 1.82) is 0 Å². The third-order valence-corrected chi connectivity index (χ3v) is 9.66. The maximum atomic E-state index is 12.2. The fourth-order valence-electron chi connectivity index (χ4n) is 6.21. The van der Waals surface area contributed by atoms with Crippen molar-refractivity contribution >= 4 is 17.2 Å². The standard InChI is InChI=1S/C24H33N5O2S/c1-15-25-21(28-31-15)10-22(30)26-18-4-2-16(3-5-18)6-8-29-9-7-20-19(14-29)27-23(32-20)24-11-17(12-24)13-24/h16-18H,2-14H2,1H3,(H,26,30)/t16-,17?,18-,24?. The predicted molar refractivity (Wildman–Crippen MR) is 121 cm³/mol. The number of thiazole rings is 1. The van der Waals surface area contributed by atoms with Crippen LogP contribution in [0.15, 0.2) is 4.52 Å². The Morgan fingerprint density at radius 1 is 1.22 bits per heavy atom. The first kappa shape index (κ1) is 20.8. The SMILES string of the molecule is Cc1nc(CC(=O)N[C@H]2CC[C@H](CCN3CCc4sc(C56CC(C5)C6)nc4C3)CC2)no1. The van der Waals surface area contributed by atoms with E-state index in [9.17, 15) is 4.79 Å². The van der Waals surface area contributed by atoms with E-state index in [4.69, 9.17) is 9.51 Å². The zero-order valence-corrected chi connectivity index (χ0v) is 19.8. The van der Waals surface area contributed by atoms with E-state index in [0.717, 1.165) is 31.2 Å². The molecule has 172 valence electrons. The highest BCUT2D eigenvalue weighted by Crippen LogP contribution is 2.65. The molecule has 0 saturated heterocycles. The summed E-state index contributed by atoms with van der Waals surface area (Å²) in [7, 11) is 0. The Hall–Kier alpha value is -1.80. The van der Waals surface area contributed by atoms with Gasteiger partial charge in [-0.05, 0) is 76.2 Å². The Labute approximate surface area is 193 Å². The molecule has 7 rings (SSSR count). The quantitative estimate of drug-likeness (QED) is 0.687. The smallest absolute Gasteiger partial charge is 0.228 e. The lowest BCUT2D eigenvalue weighted by molar-refractivity contribution is -0.121. The number of amides is 1. The number of carbonyl (C=O) groups excluding carboxylic acids is 1. The Morgan fingerprint density at radius 3 is 2.72 bits per heavy atom. The first-order valence-corrected chi connectivity index (χ1v) is 13.2. The molecule has 32 heavy (non-hydrogen) atoms. The van der Waals surface area contributed by atoms with Crippen molar-refractivity contribution in [2.75, 3.05) is 13.1 Å². The van der Waals surface area contributed by atoms with Crippen LogP contribution in [0.25, 0.3) is 0 Å². The van der Waals surface area contributed by atoms with Gasteiger partial charge in [0.05, 0.1) is 17.1 Å². The lowest BCUT2D eigenvalue weighted by atomic mass is 9.45. The zero-order chi connectivity index (χ0) is 21.7. The summed E-state index contributed by atoms with van der Waals surface area (Å²) >= 11 is 2.03. The second-order valence-corrected chi connectivity index (χ2v) is 11.7. The fraction of sp³-hybridized carbons (Fsp3) is 0.750. The number of aryl methyl sites for hydroxylation is 1. The van der Waals surface area contributed by atoms with Crippen LogP contribution in [0.4, 0.5) is 0 Å². The van der Waals surface area contributed by atoms with Gasteiger partial charge in [0.2, 0.25) is 11.8 Å². The van der Waals surface area contributed by atoms with Crippen LogP contribution < -0.4 is 5.32 Å². The molecule has 0 atom stereocenters. The summed E-state index contributed by atoms with van der Waals surface area (Å²) in [5.41, 5.74) is 1.89. The minimum Gasteiger partial charge on any atom is -0.353 e. The molecule has 0 spiro atoms. The largest absolute Gasteiger partial charge is 0.353 e. The van der Waals surface area contributed by atoms with Crippen molar-refractivity contribution in [2.45, 2.75) is 89.1 Å². The predicted octanol–water partition coefficient (Wildman–Crippen LogP) is 3.55. The average Bonchev–Trinajstić information content (AvgIpc) is 3.30. The molecule has 4 saturated carbocycles. The molecule has 7 nitrogen and oxygen atoms in total. The van der Waals surface area contributed by atoms with E-state index in [1.807, 2.05) is 11.3 Å². The molecule has 1 N–H and O–H groups in total. The Kier molecular flexibility index (Phi) is 5.33. The van der Waals surface area contributed by atoms with Gasteiger partial charge < -0.3 is 9.84 Å². The van der Waals surface area contributed by atoms with Gasteiger partial charge in [-0.1, -0.05) is 5.16 Å². The van der Waals surface area contributed by atoms with Gasteiger partial charge in [0.25, 0.3) is 0 Å². The molecule has 5 aliphatic rings. The van der Waals surface area contributed by atoms with Crippen LogP contribution in [0.1, 0.15) is 78.7 Å². The van der Waals surface area contributed by atoms with Crippen LogP contribution in [0.3, 0.4) is 0 Å². The molecular weight excluding hydrogens is 422 g/mol. The first-order chi connectivity index (χ1) is 15.5. The second kappa shape index (κ2) is 8.20. The number of hydrogen-bond acceptors (Lipinski definition) is 7. The van der Waals surface area contributed by atoms with E-state index < -0.39 is 0 Å². The molecule has 1 amide bonds. The van der Waals surface area contributed by atoms with Crippen LogP contribution >= 0.6 is 11.3 Å². The highest BCUT2D eigenvalue weighted by molar-refractivity contribution is 7.12. The maximum absolute atomic E-state index is 12.2. The normalized spacial score (nSPS) is 31.5. The number of aromatic nitrogens is 3. The van der Waals surface area contributed by atoms with Crippen molar-refractivity contribution in [2.24, 2.45) is 11.8 Å². The molecule has 3 heterocycles. The summed E-state index contributed by atoms with van der Waals surface area (Å²) in [6, 6.07) is 0.287. The Balaban J connectivity index is 0.925. The van der Waals surface area contributed by atoms with Crippen LogP contribution in [0.2, 0.25) is 0 Å². The van der Waals surface area contributed by atoms with Crippen molar-refractivity contribution in [3.8, 4) is 0 Å². The first-order valence-electron chi connectivity index (χ1n) is 12.3. The third-order valence-electron chi connectivity index (χ3n) is 8.25. The Bertz CT molecular complexity index is 975. The van der Waals surface area contributed by atoms with E-state index in [-0.39, 0.29) is 18.4 Å². The molecule has 4 fully saturated rings. The van der Waals surface area contributed by atoms with Gasteiger partial charge in [-0.15, -0.1) is 11.3 Å². The Morgan fingerprint density at radius 2 is 2.03 bits per heavy atom. The van der Waals surface area contributed by atoms with E-state index in [1.54, 1.807) is 11.8 Å². The highest BCUT2D eigenvalue weighted by Gasteiger charge is 2.59. The molecule has 2 aromatic rings. The molecule has 4 aliphatic carbocycles. The molecule has 2 bridgehead atoms. The molecule has 0 aromatic carbocycles. The summed E-state index contributed by atoms with van der Waals surface area (Å²) in [5, 5.41) is 8.43. The van der Waals surface area contributed by atoms with Crippen molar-refractivity contribution in [1.82, 2.24) is 25.3 Å². The lowest BCUT2D eigenvalue weighted by Crippen LogP contribution is -2.55. The van der Waals surface area contributed by atoms with Crippen molar-refractivity contribution < 1.29 is 9.32 Å². The van der Waals surface area contributed by atoms with E-state index in [0.29, 0.717) is 17.1 Å². The summed E-state index contributed by atoms with van der Waals surface area (Å²) in [4.78, 5) is 25.7. The van der Waals surface area contributed by atoms with E-state index in [1.165, 1.54) is 68.7 Å². The number of carbonyl (C=O) groups is 1. The summed E-state index contributed by atoms with van der Waals surface area (Å²) in [6.07, 6.45) is 11.4. The molecule has 2 aromatic heterocycles. The van der Waals surface area contributed by atoms with Gasteiger partial charge in [0, 0.05) is 36.3 Å². The summed E-state index contributed by atoms with van der Waals surface area (Å²) in [6.45, 7) is 5.15. The van der Waals surface area contributed by atoms with Gasteiger partial charge in [-0.2, -0.15) is 4.98 Å². The minimum atomic E-state index is -0.000124. The van der Waals surface area contributed by atoms with Gasteiger partial charge >= 0.3 is 0 Å². The van der Waals surface area contributed by atoms with E-state index in [2.05, 4.69) is 20.4 Å². The number of fused-ring (bicyclic) bond motifs is 1. The van der Waals surface area contributed by atoms with Crippen LogP contribution in [-0.2, 0) is 29.6 Å². The monoisotopic (exact) mass is 455 g/mol. The zero-order valence-electron chi connectivity index (χ0n) is 18.9. The summed E-state index contributed by atoms with van der Waals surface area (Å²) in [5.74, 6) is 2.76. The fourth-order valence-corrected chi connectivity index (χ4v) is 7.48. The minimum absolute atomic E-state index is 0.000124. The molecule has 0 unspecified atom stereocenters. The molecular formula is C24H33N5O2S. The average molecular weight is 456 g/mol. The molecule has 0 radical (unpaired) electrons. The second-order valence-electron chi connectivity index (χ2n) is 10.7. The third kappa shape index (κ3) is 4.00. The van der Waals surface area contributed by atoms with Gasteiger partial charge in [-0.25, -0.2) is 4.98 Å². The van der Waals surface area contributed by atoms with Gasteiger partial charge in [0.15, 0.2) is 5.82 Å². The highest BCUT2D eigenvalue weighted by atomic mass is 32.1. The molecule has 8 heteroatoms.